The largest absolute Gasteiger partial charge is 0.530 e. The predicted octanol–water partition coefficient (Wildman–Crippen LogP) is 0.846. The van der Waals surface area contributed by atoms with E-state index in [9.17, 15) is 4.79 Å². The summed E-state index contributed by atoms with van der Waals surface area (Å²) in [7, 11) is -0.331. The van der Waals surface area contributed by atoms with E-state index in [-0.39, 0.29) is 25.0 Å². The van der Waals surface area contributed by atoms with Crippen molar-refractivity contribution < 1.29 is 14.1 Å². The van der Waals surface area contributed by atoms with Crippen molar-refractivity contribution in [3.05, 3.63) is 0 Å². The maximum atomic E-state index is 10.7. The number of hydrogen-bond acceptors (Lipinski definition) is 3. The van der Waals surface area contributed by atoms with Crippen LogP contribution in [0.3, 0.4) is 0 Å². The molecule has 1 aliphatic rings. The molecule has 0 saturated carbocycles. The zero-order chi connectivity index (χ0) is 7.72. The minimum atomic E-state index is -0.382. The van der Waals surface area contributed by atoms with E-state index in [2.05, 4.69) is 0 Å². The van der Waals surface area contributed by atoms with Gasteiger partial charge in [0.05, 0.1) is 0 Å². The third kappa shape index (κ3) is 1.32. The molecule has 0 aromatic carbocycles. The summed E-state index contributed by atoms with van der Waals surface area (Å²) in [6, 6.07) is 0. The van der Waals surface area contributed by atoms with Gasteiger partial charge in [-0.3, -0.25) is 4.79 Å². The molecule has 1 heterocycles. The average molecular weight is 142 g/mol. The first kappa shape index (κ1) is 7.60. The number of carbonyl (C=O) groups excluding carboxylic acids is 1. The Bertz CT molecular complexity index is 146. The van der Waals surface area contributed by atoms with Crippen LogP contribution in [0.1, 0.15) is 20.8 Å². The molecule has 1 rings (SSSR count). The van der Waals surface area contributed by atoms with Gasteiger partial charge in [0.25, 0.3) is 0 Å². The van der Waals surface area contributed by atoms with E-state index >= 15 is 0 Å². The maximum Gasteiger partial charge on any atom is 0.530 e. The molecule has 0 spiro atoms. The van der Waals surface area contributed by atoms with Gasteiger partial charge in [-0.05, 0) is 6.92 Å². The zero-order valence-electron chi connectivity index (χ0n) is 6.46. The summed E-state index contributed by atoms with van der Waals surface area (Å²) in [5.41, 5.74) is 0. The highest BCUT2D eigenvalue weighted by atomic mass is 16.7. The molecule has 1 saturated heterocycles. The molecule has 0 aromatic heterocycles. The van der Waals surface area contributed by atoms with E-state index in [1.165, 1.54) is 0 Å². The number of carbonyl (C=O) groups is 1. The Morgan fingerprint density at radius 3 is 2.40 bits per heavy atom. The third-order valence-electron chi connectivity index (χ3n) is 1.45. The fraction of sp³-hybridized carbons (Fsp3) is 0.833. The quantitative estimate of drug-likeness (QED) is 0.509. The highest BCUT2D eigenvalue weighted by Crippen LogP contribution is 2.18. The van der Waals surface area contributed by atoms with Crippen LogP contribution in [0.4, 0.5) is 0 Å². The van der Waals surface area contributed by atoms with E-state index in [4.69, 9.17) is 9.31 Å². The normalized spacial score (nSPS) is 25.8. The van der Waals surface area contributed by atoms with Crippen LogP contribution in [0.2, 0.25) is 5.82 Å². The third-order valence-corrected chi connectivity index (χ3v) is 1.45. The fourth-order valence-corrected chi connectivity index (χ4v) is 0.788. The Morgan fingerprint density at radius 1 is 1.60 bits per heavy atom. The van der Waals surface area contributed by atoms with Crippen molar-refractivity contribution in [3.63, 3.8) is 0 Å². The van der Waals surface area contributed by atoms with Crippen molar-refractivity contribution in [2.75, 3.05) is 0 Å². The first-order valence-corrected chi connectivity index (χ1v) is 3.47. The van der Waals surface area contributed by atoms with Gasteiger partial charge in [-0.15, -0.1) is 0 Å². The van der Waals surface area contributed by atoms with Crippen molar-refractivity contribution in [2.24, 2.45) is 0 Å². The fourth-order valence-electron chi connectivity index (χ4n) is 0.788. The molecule has 1 fully saturated rings. The molecule has 0 N–H and O–H groups in total. The molecule has 0 radical (unpaired) electrons. The Labute approximate surface area is 60.8 Å². The van der Waals surface area contributed by atoms with E-state index in [1.54, 1.807) is 6.92 Å². The summed E-state index contributed by atoms with van der Waals surface area (Å²) in [4.78, 5) is 10.7. The zero-order valence-corrected chi connectivity index (χ0v) is 6.46. The van der Waals surface area contributed by atoms with Crippen LogP contribution < -0.4 is 0 Å². The SMILES string of the molecule is CC(C)B1OC(=O)C(C)O1. The molecule has 1 aliphatic heterocycles. The Morgan fingerprint density at radius 2 is 2.20 bits per heavy atom. The van der Waals surface area contributed by atoms with Crippen LogP contribution in [0, 0.1) is 0 Å². The van der Waals surface area contributed by atoms with E-state index < -0.39 is 0 Å². The van der Waals surface area contributed by atoms with E-state index in [0.717, 1.165) is 0 Å². The van der Waals surface area contributed by atoms with Crippen LogP contribution in [0.25, 0.3) is 0 Å². The standard InChI is InChI=1S/C6H11BO3/c1-4(2)7-9-5(3)6(8)10-7/h4-5H,1-3H3. The Hall–Kier alpha value is -0.505. The van der Waals surface area contributed by atoms with Crippen molar-refractivity contribution in [3.8, 4) is 0 Å². The molecule has 0 amide bonds. The summed E-state index contributed by atoms with van der Waals surface area (Å²) in [6.45, 7) is 5.61. The maximum absolute atomic E-state index is 10.7. The van der Waals surface area contributed by atoms with Crippen LogP contribution >= 0.6 is 0 Å². The topological polar surface area (TPSA) is 35.5 Å². The minimum absolute atomic E-state index is 0.244. The first-order valence-electron chi connectivity index (χ1n) is 3.47. The molecular formula is C6H11BO3. The molecule has 3 nitrogen and oxygen atoms in total. The highest BCUT2D eigenvalue weighted by Gasteiger charge is 2.39. The number of hydrogen-bond donors (Lipinski definition) is 0. The van der Waals surface area contributed by atoms with Gasteiger partial charge in [-0.2, -0.15) is 0 Å². The molecule has 10 heavy (non-hydrogen) atoms. The summed E-state index contributed by atoms with van der Waals surface area (Å²) < 4.78 is 10.0. The van der Waals surface area contributed by atoms with Crippen molar-refractivity contribution in [2.45, 2.75) is 32.7 Å². The van der Waals surface area contributed by atoms with Gasteiger partial charge in [0.1, 0.15) is 6.10 Å². The van der Waals surface area contributed by atoms with Gasteiger partial charge >= 0.3 is 13.1 Å². The van der Waals surface area contributed by atoms with Gasteiger partial charge in [-0.1, -0.05) is 13.8 Å². The van der Waals surface area contributed by atoms with Crippen LogP contribution in [-0.2, 0) is 14.1 Å². The lowest BCUT2D eigenvalue weighted by Gasteiger charge is -2.04. The van der Waals surface area contributed by atoms with Gasteiger partial charge in [0.2, 0.25) is 0 Å². The van der Waals surface area contributed by atoms with Crippen LogP contribution in [-0.4, -0.2) is 19.2 Å². The molecular weight excluding hydrogens is 131 g/mol. The smallest absolute Gasteiger partial charge is 0.507 e. The molecule has 56 valence electrons. The highest BCUT2D eigenvalue weighted by molar-refractivity contribution is 6.50. The minimum Gasteiger partial charge on any atom is -0.507 e. The van der Waals surface area contributed by atoms with Crippen molar-refractivity contribution in [1.29, 1.82) is 0 Å². The molecule has 0 aliphatic carbocycles. The lowest BCUT2D eigenvalue weighted by molar-refractivity contribution is -0.135. The summed E-state index contributed by atoms with van der Waals surface area (Å²) in [5, 5.41) is 0. The van der Waals surface area contributed by atoms with E-state index in [1.807, 2.05) is 13.8 Å². The average Bonchev–Trinajstić information content (AvgIpc) is 2.13. The van der Waals surface area contributed by atoms with Gasteiger partial charge in [-0.25, -0.2) is 0 Å². The molecule has 0 bridgehead atoms. The van der Waals surface area contributed by atoms with E-state index in [0.29, 0.717) is 0 Å². The first-order chi connectivity index (χ1) is 4.61. The van der Waals surface area contributed by atoms with Crippen LogP contribution in [0.5, 0.6) is 0 Å². The molecule has 1 atom stereocenters. The van der Waals surface area contributed by atoms with Gasteiger partial charge in [0.15, 0.2) is 0 Å². The Balaban J connectivity index is 2.49. The molecule has 0 aromatic rings. The Kier molecular flexibility index (Phi) is 1.99. The summed E-state index contributed by atoms with van der Waals surface area (Å²) >= 11 is 0. The van der Waals surface area contributed by atoms with Crippen molar-refractivity contribution >= 4 is 13.1 Å². The predicted molar refractivity (Wildman–Crippen MR) is 37.5 cm³/mol. The second-order valence-corrected chi connectivity index (χ2v) is 2.83. The monoisotopic (exact) mass is 142 g/mol. The number of rotatable bonds is 1. The molecule has 4 heteroatoms. The second-order valence-electron chi connectivity index (χ2n) is 2.83. The van der Waals surface area contributed by atoms with Gasteiger partial charge in [0, 0.05) is 5.82 Å². The molecule has 1 unspecified atom stereocenters. The van der Waals surface area contributed by atoms with Crippen LogP contribution in [0.15, 0.2) is 0 Å². The second kappa shape index (κ2) is 2.62. The summed E-state index contributed by atoms with van der Waals surface area (Å²) in [6.07, 6.45) is -0.382. The van der Waals surface area contributed by atoms with Gasteiger partial charge < -0.3 is 9.31 Å². The van der Waals surface area contributed by atoms with Crippen molar-refractivity contribution in [1.82, 2.24) is 0 Å². The lowest BCUT2D eigenvalue weighted by Crippen LogP contribution is -2.18. The summed E-state index contributed by atoms with van der Waals surface area (Å²) in [5.74, 6) is -0.00685. The lowest BCUT2D eigenvalue weighted by atomic mass is 9.75.